The van der Waals surface area contributed by atoms with Crippen molar-refractivity contribution in [2.75, 3.05) is 0 Å². The molecule has 0 radical (unpaired) electrons. The predicted octanol–water partition coefficient (Wildman–Crippen LogP) is 0.419. The molecule has 0 saturated carbocycles. The molecule has 0 aliphatic rings. The molecule has 0 saturated heterocycles. The summed E-state index contributed by atoms with van der Waals surface area (Å²) in [6.07, 6.45) is 1.39. The Balaban J connectivity index is 2.66. The molecule has 82 valence electrons. The molecule has 5 heteroatoms. The Morgan fingerprint density at radius 2 is 2.31 bits per heavy atom. The molecule has 1 aromatic rings. The van der Waals surface area contributed by atoms with Crippen LogP contribution in [-0.4, -0.2) is 22.0 Å². The lowest BCUT2D eigenvalue weighted by molar-refractivity contribution is -0.115. The normalized spacial score (nSPS) is 8.81. The molecule has 0 spiro atoms. The van der Waals surface area contributed by atoms with Gasteiger partial charge in [-0.25, -0.2) is 4.79 Å². The first-order valence-electron chi connectivity index (χ1n) is 4.52. The van der Waals surface area contributed by atoms with Crippen molar-refractivity contribution >= 4 is 11.9 Å². The van der Waals surface area contributed by atoms with Crippen molar-refractivity contribution in [2.45, 2.75) is 13.5 Å². The van der Waals surface area contributed by atoms with E-state index in [1.165, 1.54) is 18.3 Å². The monoisotopic (exact) mass is 218 g/mol. The van der Waals surface area contributed by atoms with Crippen LogP contribution in [0.15, 0.2) is 18.3 Å². The summed E-state index contributed by atoms with van der Waals surface area (Å²) in [6, 6.07) is 2.79. The smallest absolute Gasteiger partial charge is 0.335 e. The maximum Gasteiger partial charge on any atom is 0.335 e. The van der Waals surface area contributed by atoms with E-state index in [0.29, 0.717) is 5.69 Å². The van der Waals surface area contributed by atoms with Crippen molar-refractivity contribution in [3.8, 4) is 11.8 Å². The summed E-state index contributed by atoms with van der Waals surface area (Å²) in [6.45, 7) is 1.72. The first-order valence-corrected chi connectivity index (χ1v) is 4.52. The summed E-state index contributed by atoms with van der Waals surface area (Å²) in [7, 11) is 0. The Bertz CT molecular complexity index is 472. The average molecular weight is 218 g/mol. The van der Waals surface area contributed by atoms with Gasteiger partial charge in [0.15, 0.2) is 0 Å². The zero-order chi connectivity index (χ0) is 12.0. The van der Waals surface area contributed by atoms with E-state index in [0.717, 1.165) is 0 Å². The maximum absolute atomic E-state index is 11.0. The zero-order valence-corrected chi connectivity index (χ0v) is 8.65. The van der Waals surface area contributed by atoms with Gasteiger partial charge in [0.1, 0.15) is 0 Å². The molecule has 5 nitrogen and oxygen atoms in total. The van der Waals surface area contributed by atoms with Gasteiger partial charge in [-0.2, -0.15) is 0 Å². The average Bonchev–Trinajstić information content (AvgIpc) is 2.27. The van der Waals surface area contributed by atoms with E-state index in [2.05, 4.69) is 22.1 Å². The summed E-state index contributed by atoms with van der Waals surface area (Å²) >= 11 is 0. The van der Waals surface area contributed by atoms with Gasteiger partial charge >= 0.3 is 5.97 Å². The molecule has 0 aliphatic carbocycles. The van der Waals surface area contributed by atoms with Gasteiger partial charge in [-0.3, -0.25) is 9.78 Å². The number of carboxylic acid groups (broad SMARTS) is 1. The number of carboxylic acids is 1. The molecule has 0 aromatic carbocycles. The molecule has 1 heterocycles. The van der Waals surface area contributed by atoms with E-state index in [1.807, 2.05) is 0 Å². The fraction of sp³-hybridized carbons (Fsp3) is 0.182. The first-order chi connectivity index (χ1) is 7.63. The molecule has 1 rings (SSSR count). The van der Waals surface area contributed by atoms with Crippen molar-refractivity contribution in [3.63, 3.8) is 0 Å². The van der Waals surface area contributed by atoms with Gasteiger partial charge in [0.2, 0.25) is 0 Å². The molecule has 1 amide bonds. The van der Waals surface area contributed by atoms with Gasteiger partial charge in [0.25, 0.3) is 5.91 Å². The number of hydrogen-bond acceptors (Lipinski definition) is 3. The Hall–Kier alpha value is -2.35. The van der Waals surface area contributed by atoms with Gasteiger partial charge in [0, 0.05) is 6.20 Å². The quantitative estimate of drug-likeness (QED) is 0.720. The second-order valence-electron chi connectivity index (χ2n) is 2.90. The third-order valence-electron chi connectivity index (χ3n) is 1.73. The summed E-state index contributed by atoms with van der Waals surface area (Å²) in [5.74, 6) is 3.33. The van der Waals surface area contributed by atoms with Crippen LogP contribution in [0.5, 0.6) is 0 Å². The molecule has 2 N–H and O–H groups in total. The Morgan fingerprint density at radius 3 is 2.94 bits per heavy atom. The van der Waals surface area contributed by atoms with E-state index in [1.54, 1.807) is 6.92 Å². The standard InChI is InChI=1S/C11H10N2O3/c1-2-3-10(14)13-7-9-6-8(11(15)16)4-5-12-9/h4-6H,7H2,1H3,(H,13,14)(H,15,16). The molecule has 0 fully saturated rings. The SMILES string of the molecule is CC#CC(=O)NCc1cc(C(=O)O)ccn1. The number of nitrogens with one attached hydrogen (secondary N) is 1. The van der Waals surface area contributed by atoms with Crippen molar-refractivity contribution in [1.29, 1.82) is 0 Å². The lowest BCUT2D eigenvalue weighted by Crippen LogP contribution is -2.21. The van der Waals surface area contributed by atoms with Crippen molar-refractivity contribution in [1.82, 2.24) is 10.3 Å². The number of amides is 1. The van der Waals surface area contributed by atoms with Gasteiger partial charge in [0.05, 0.1) is 17.8 Å². The summed E-state index contributed by atoms with van der Waals surface area (Å²) in [5, 5.41) is 11.2. The van der Waals surface area contributed by atoms with E-state index >= 15 is 0 Å². The van der Waals surface area contributed by atoms with Crippen LogP contribution in [0.25, 0.3) is 0 Å². The Morgan fingerprint density at radius 1 is 1.56 bits per heavy atom. The third kappa shape index (κ3) is 3.42. The lowest BCUT2D eigenvalue weighted by Gasteiger charge is -2.01. The van der Waals surface area contributed by atoms with Crippen molar-refractivity contribution < 1.29 is 14.7 Å². The number of aromatic nitrogens is 1. The lowest BCUT2D eigenvalue weighted by atomic mass is 10.2. The number of carbonyl (C=O) groups is 2. The second kappa shape index (κ2) is 5.51. The van der Waals surface area contributed by atoms with Crippen LogP contribution in [-0.2, 0) is 11.3 Å². The number of carbonyl (C=O) groups excluding carboxylic acids is 1. The highest BCUT2D eigenvalue weighted by Gasteiger charge is 2.04. The molecule has 16 heavy (non-hydrogen) atoms. The van der Waals surface area contributed by atoms with Gasteiger partial charge in [-0.05, 0) is 25.0 Å². The van der Waals surface area contributed by atoms with Gasteiger partial charge in [-0.1, -0.05) is 5.92 Å². The van der Waals surface area contributed by atoms with E-state index in [-0.39, 0.29) is 12.1 Å². The number of hydrogen-bond donors (Lipinski definition) is 2. The highest BCUT2D eigenvalue weighted by atomic mass is 16.4. The third-order valence-corrected chi connectivity index (χ3v) is 1.73. The van der Waals surface area contributed by atoms with Crippen LogP contribution in [0.4, 0.5) is 0 Å². The van der Waals surface area contributed by atoms with Crippen LogP contribution >= 0.6 is 0 Å². The molecule has 0 atom stereocenters. The molecule has 0 unspecified atom stereocenters. The van der Waals surface area contributed by atoms with E-state index in [4.69, 9.17) is 5.11 Å². The fourth-order valence-electron chi connectivity index (χ4n) is 1.04. The predicted molar refractivity (Wildman–Crippen MR) is 56.5 cm³/mol. The van der Waals surface area contributed by atoms with Crippen LogP contribution in [0.3, 0.4) is 0 Å². The minimum Gasteiger partial charge on any atom is -0.478 e. The summed E-state index contributed by atoms with van der Waals surface area (Å²) < 4.78 is 0. The van der Waals surface area contributed by atoms with Crippen LogP contribution in [0, 0.1) is 11.8 Å². The first kappa shape index (κ1) is 11.7. The highest BCUT2D eigenvalue weighted by molar-refractivity contribution is 5.93. The van der Waals surface area contributed by atoms with Crippen LogP contribution < -0.4 is 5.32 Å². The van der Waals surface area contributed by atoms with Gasteiger partial charge < -0.3 is 10.4 Å². The van der Waals surface area contributed by atoms with Crippen LogP contribution in [0.2, 0.25) is 0 Å². The number of aromatic carboxylic acids is 1. The topological polar surface area (TPSA) is 79.3 Å². The minimum absolute atomic E-state index is 0.140. The number of rotatable bonds is 3. The molecular formula is C11H10N2O3. The Labute approximate surface area is 92.5 Å². The van der Waals surface area contributed by atoms with E-state index < -0.39 is 11.9 Å². The molecule has 0 aliphatic heterocycles. The van der Waals surface area contributed by atoms with Crippen LogP contribution in [0.1, 0.15) is 23.0 Å². The Kier molecular flexibility index (Phi) is 4.04. The number of nitrogens with zero attached hydrogens (tertiary/aromatic N) is 1. The largest absolute Gasteiger partial charge is 0.478 e. The second-order valence-corrected chi connectivity index (χ2v) is 2.90. The van der Waals surface area contributed by atoms with Gasteiger partial charge in [-0.15, -0.1) is 0 Å². The fourth-order valence-corrected chi connectivity index (χ4v) is 1.04. The molecular weight excluding hydrogens is 208 g/mol. The van der Waals surface area contributed by atoms with Crippen molar-refractivity contribution in [2.24, 2.45) is 0 Å². The minimum atomic E-state index is -1.02. The molecule has 0 bridgehead atoms. The van der Waals surface area contributed by atoms with Crippen molar-refractivity contribution in [3.05, 3.63) is 29.6 Å². The summed E-state index contributed by atoms with van der Waals surface area (Å²) in [4.78, 5) is 25.6. The highest BCUT2D eigenvalue weighted by Crippen LogP contribution is 2.01. The zero-order valence-electron chi connectivity index (χ0n) is 8.65. The summed E-state index contributed by atoms with van der Waals surface area (Å²) in [5.41, 5.74) is 0.618. The number of pyridine rings is 1. The molecule has 1 aromatic heterocycles. The maximum atomic E-state index is 11.0. The van der Waals surface area contributed by atoms with E-state index in [9.17, 15) is 9.59 Å².